The van der Waals surface area contributed by atoms with E-state index in [4.69, 9.17) is 4.74 Å². The summed E-state index contributed by atoms with van der Waals surface area (Å²) in [6.07, 6.45) is 4.98. The van der Waals surface area contributed by atoms with E-state index in [2.05, 4.69) is 61.6 Å². The Morgan fingerprint density at radius 3 is 2.12 bits per heavy atom. The van der Waals surface area contributed by atoms with Crippen LogP contribution in [0.15, 0.2) is 72.8 Å². The summed E-state index contributed by atoms with van der Waals surface area (Å²) in [7, 11) is -0.423. The van der Waals surface area contributed by atoms with Crippen LogP contribution in [0.4, 0.5) is 0 Å². The van der Waals surface area contributed by atoms with Gasteiger partial charge in [0.15, 0.2) is 0 Å². The van der Waals surface area contributed by atoms with Gasteiger partial charge in [-0.2, -0.15) is 0 Å². The van der Waals surface area contributed by atoms with Crippen molar-refractivity contribution in [3.8, 4) is 0 Å². The molecule has 2 atom stereocenters. The number of hydrogen-bond acceptors (Lipinski definition) is 2. The number of ether oxygens (including phenoxy) is 1. The van der Waals surface area contributed by atoms with Gasteiger partial charge in [0.05, 0.1) is 21.1 Å². The van der Waals surface area contributed by atoms with Gasteiger partial charge in [0.2, 0.25) is 0 Å². The van der Waals surface area contributed by atoms with Gasteiger partial charge < -0.3 is 4.74 Å². The molecule has 0 aliphatic rings. The lowest BCUT2D eigenvalue weighted by atomic mass is 9.95. The topological polar surface area (TPSA) is 26.3 Å². The molecule has 132 valence electrons. The number of carbonyl (C=O) groups excluding carboxylic acids is 1. The second-order valence-electron chi connectivity index (χ2n) is 6.96. The Hall–Kier alpha value is -2.13. The molecule has 2 aromatic carbocycles. The lowest BCUT2D eigenvalue weighted by Gasteiger charge is -2.35. The van der Waals surface area contributed by atoms with Gasteiger partial charge in [-0.05, 0) is 24.4 Å². The van der Waals surface area contributed by atoms with Crippen molar-refractivity contribution in [2.24, 2.45) is 5.92 Å². The molecule has 0 aliphatic carbocycles. The van der Waals surface area contributed by atoms with Gasteiger partial charge in [0, 0.05) is 0 Å². The van der Waals surface area contributed by atoms with E-state index in [9.17, 15) is 4.79 Å². The SMILES string of the molecule is C/C=C/[C@@H]([C@H](Cc1ccccc1)C(=O)OC)[Si](C)(C)c1ccccc1. The van der Waals surface area contributed by atoms with Gasteiger partial charge in [-0.25, -0.2) is 0 Å². The summed E-state index contributed by atoms with van der Waals surface area (Å²) in [4.78, 5) is 12.7. The molecule has 0 saturated heterocycles. The van der Waals surface area contributed by atoms with E-state index < -0.39 is 8.07 Å². The van der Waals surface area contributed by atoms with Crippen molar-refractivity contribution in [3.63, 3.8) is 0 Å². The van der Waals surface area contributed by atoms with Crippen molar-refractivity contribution < 1.29 is 9.53 Å². The van der Waals surface area contributed by atoms with E-state index in [1.807, 2.05) is 31.2 Å². The van der Waals surface area contributed by atoms with Crippen LogP contribution in [0.1, 0.15) is 12.5 Å². The fourth-order valence-electron chi connectivity index (χ4n) is 3.52. The first-order valence-electron chi connectivity index (χ1n) is 8.80. The Balaban J connectivity index is 2.43. The quantitative estimate of drug-likeness (QED) is 0.414. The van der Waals surface area contributed by atoms with E-state index in [1.165, 1.54) is 17.9 Å². The minimum absolute atomic E-state index is 0.122. The van der Waals surface area contributed by atoms with E-state index in [1.54, 1.807) is 0 Å². The van der Waals surface area contributed by atoms with E-state index in [-0.39, 0.29) is 17.4 Å². The third-order valence-electron chi connectivity index (χ3n) is 4.99. The van der Waals surface area contributed by atoms with Gasteiger partial charge in [0.1, 0.15) is 0 Å². The van der Waals surface area contributed by atoms with Gasteiger partial charge in [0.25, 0.3) is 0 Å². The molecular weight excluding hydrogens is 324 g/mol. The van der Waals surface area contributed by atoms with E-state index in [0.29, 0.717) is 6.42 Å². The number of rotatable bonds is 7. The maximum absolute atomic E-state index is 12.7. The van der Waals surface area contributed by atoms with Crippen LogP contribution in [0.3, 0.4) is 0 Å². The van der Waals surface area contributed by atoms with E-state index in [0.717, 1.165) is 0 Å². The fraction of sp³-hybridized carbons (Fsp3) is 0.318. The summed E-state index contributed by atoms with van der Waals surface area (Å²) in [6.45, 7) is 6.71. The summed E-state index contributed by atoms with van der Waals surface area (Å²) in [6, 6.07) is 20.8. The van der Waals surface area contributed by atoms with Crippen molar-refractivity contribution >= 4 is 19.2 Å². The summed E-state index contributed by atoms with van der Waals surface area (Å²) in [5.41, 5.74) is 1.35. The predicted molar refractivity (Wildman–Crippen MR) is 108 cm³/mol. The lowest BCUT2D eigenvalue weighted by molar-refractivity contribution is -0.145. The molecule has 0 bridgehead atoms. The molecule has 0 N–H and O–H groups in total. The molecule has 0 aromatic heterocycles. The third-order valence-corrected chi connectivity index (χ3v) is 9.07. The molecule has 0 radical (unpaired) electrons. The number of hydrogen-bond donors (Lipinski definition) is 0. The molecular formula is C22H28O2Si. The van der Waals surface area contributed by atoms with Crippen molar-refractivity contribution in [3.05, 3.63) is 78.4 Å². The second kappa shape index (κ2) is 8.81. The average molecular weight is 353 g/mol. The maximum Gasteiger partial charge on any atom is 0.309 e. The molecule has 25 heavy (non-hydrogen) atoms. The fourth-order valence-corrected chi connectivity index (χ4v) is 6.89. The first-order chi connectivity index (χ1) is 12.0. The van der Waals surface area contributed by atoms with Crippen molar-refractivity contribution in [2.75, 3.05) is 7.11 Å². The molecule has 2 rings (SSSR count). The highest BCUT2D eigenvalue weighted by Crippen LogP contribution is 2.35. The Morgan fingerprint density at radius 1 is 1.04 bits per heavy atom. The minimum Gasteiger partial charge on any atom is -0.469 e. The first kappa shape index (κ1) is 19.2. The Labute approximate surface area is 152 Å². The second-order valence-corrected chi connectivity index (χ2v) is 11.6. The molecule has 2 nitrogen and oxygen atoms in total. The summed E-state index contributed by atoms with van der Waals surface area (Å²) in [5.74, 6) is -0.297. The highest BCUT2D eigenvalue weighted by Gasteiger charge is 2.40. The highest BCUT2D eigenvalue weighted by atomic mass is 28.3. The van der Waals surface area contributed by atoms with Crippen LogP contribution in [-0.4, -0.2) is 21.2 Å². The zero-order valence-electron chi connectivity index (χ0n) is 15.6. The van der Waals surface area contributed by atoms with Crippen LogP contribution in [0, 0.1) is 5.92 Å². The normalized spacial score (nSPS) is 14.2. The lowest BCUT2D eigenvalue weighted by Crippen LogP contribution is -2.49. The Bertz CT molecular complexity index is 692. The van der Waals surface area contributed by atoms with Crippen LogP contribution < -0.4 is 5.19 Å². The van der Waals surface area contributed by atoms with Crippen LogP contribution >= 0.6 is 0 Å². The number of allylic oxidation sites excluding steroid dienone is 2. The molecule has 0 heterocycles. The molecule has 0 saturated carbocycles. The molecule has 0 fully saturated rings. The number of carbonyl (C=O) groups is 1. The molecule has 2 aromatic rings. The van der Waals surface area contributed by atoms with Crippen LogP contribution in [0.2, 0.25) is 18.6 Å². The van der Waals surface area contributed by atoms with Gasteiger partial charge in [-0.1, -0.05) is 91.1 Å². The first-order valence-corrected chi connectivity index (χ1v) is 11.9. The highest BCUT2D eigenvalue weighted by molar-refractivity contribution is 6.91. The summed E-state index contributed by atoms with van der Waals surface area (Å²) < 4.78 is 5.19. The zero-order chi connectivity index (χ0) is 18.3. The minimum atomic E-state index is -1.91. The van der Waals surface area contributed by atoms with Crippen molar-refractivity contribution in [1.82, 2.24) is 0 Å². The number of methoxy groups -OCH3 is 1. The van der Waals surface area contributed by atoms with Gasteiger partial charge in [-0.3, -0.25) is 4.79 Å². The van der Waals surface area contributed by atoms with Crippen LogP contribution in [0.5, 0.6) is 0 Å². The van der Waals surface area contributed by atoms with Gasteiger partial charge in [-0.15, -0.1) is 0 Å². The van der Waals surface area contributed by atoms with Gasteiger partial charge >= 0.3 is 5.97 Å². The standard InChI is InChI=1S/C22H28O2Si/c1-5-12-21(25(3,4)19-15-10-7-11-16-19)20(22(23)24-2)17-18-13-8-6-9-14-18/h5-16,20-21H,17H2,1-4H3/b12-5+/t20-,21-/m0/s1. The van der Waals surface area contributed by atoms with Crippen molar-refractivity contribution in [2.45, 2.75) is 32.0 Å². The smallest absolute Gasteiger partial charge is 0.309 e. The predicted octanol–water partition coefficient (Wildman–Crippen LogP) is 4.58. The zero-order valence-corrected chi connectivity index (χ0v) is 16.6. The molecule has 0 aliphatic heterocycles. The molecule has 0 spiro atoms. The number of benzene rings is 2. The third kappa shape index (κ3) is 4.70. The molecule has 3 heteroatoms. The summed E-state index contributed by atoms with van der Waals surface area (Å²) >= 11 is 0. The largest absolute Gasteiger partial charge is 0.469 e. The molecule has 0 unspecified atom stereocenters. The van der Waals surface area contributed by atoms with Crippen LogP contribution in [-0.2, 0) is 16.0 Å². The van der Waals surface area contributed by atoms with E-state index >= 15 is 0 Å². The monoisotopic (exact) mass is 352 g/mol. The maximum atomic E-state index is 12.7. The van der Waals surface area contributed by atoms with Crippen LogP contribution in [0.25, 0.3) is 0 Å². The molecule has 0 amide bonds. The van der Waals surface area contributed by atoms with Crippen molar-refractivity contribution in [1.29, 1.82) is 0 Å². The average Bonchev–Trinajstić information content (AvgIpc) is 2.65. The number of esters is 1. The Kier molecular flexibility index (Phi) is 6.77. The summed E-state index contributed by atoms with van der Waals surface area (Å²) in [5, 5.41) is 1.36. The Morgan fingerprint density at radius 2 is 1.60 bits per heavy atom.